The van der Waals surface area contributed by atoms with Crippen molar-refractivity contribution in [3.8, 4) is 0 Å². The molecule has 5 rings (SSSR count). The molecule has 2 N–H and O–H groups in total. The lowest BCUT2D eigenvalue weighted by Gasteiger charge is -2.47. The number of nitrogens with zero attached hydrogens (tertiary/aromatic N) is 4. The summed E-state index contributed by atoms with van der Waals surface area (Å²) in [5, 5.41) is 7.95. The van der Waals surface area contributed by atoms with Crippen LogP contribution in [0.4, 0.5) is 0 Å². The van der Waals surface area contributed by atoms with Gasteiger partial charge in [-0.15, -0.1) is 24.0 Å². The molecule has 1 aromatic carbocycles. The zero-order chi connectivity index (χ0) is 20.1. The molecule has 0 amide bonds. The van der Waals surface area contributed by atoms with E-state index in [-0.39, 0.29) is 24.0 Å². The molecule has 0 radical (unpaired) electrons. The van der Waals surface area contributed by atoms with Crippen LogP contribution in [0.3, 0.4) is 0 Å². The number of benzene rings is 1. The summed E-state index contributed by atoms with van der Waals surface area (Å²) in [6, 6.07) is 9.31. The van der Waals surface area contributed by atoms with Gasteiger partial charge >= 0.3 is 0 Å². The Bertz CT molecular complexity index is 669. The number of guanidine groups is 1. The van der Waals surface area contributed by atoms with Crippen molar-refractivity contribution in [1.82, 2.24) is 25.3 Å². The number of likely N-dealkylation sites (tertiary alicyclic amines) is 1. The molecule has 0 aromatic heterocycles. The van der Waals surface area contributed by atoms with E-state index in [2.05, 4.69) is 44.4 Å². The lowest BCUT2D eigenvalue weighted by atomic mass is 10.0. The van der Waals surface area contributed by atoms with E-state index < -0.39 is 0 Å². The number of aliphatic imine (C=N–C) groups is 1. The number of nitrogens with one attached hydrogen (secondary N) is 2. The Hall–Kier alpha value is -0.610. The first-order chi connectivity index (χ1) is 14.2. The summed E-state index contributed by atoms with van der Waals surface area (Å²) in [7, 11) is 0. The summed E-state index contributed by atoms with van der Waals surface area (Å²) < 4.78 is 0. The van der Waals surface area contributed by atoms with Crippen LogP contribution in [0.1, 0.15) is 25.3 Å². The predicted octanol–water partition coefficient (Wildman–Crippen LogP) is 2.48. The van der Waals surface area contributed by atoms with Crippen LogP contribution in [-0.2, 0) is 6.54 Å². The Morgan fingerprint density at radius 3 is 2.37 bits per heavy atom. The van der Waals surface area contributed by atoms with Crippen LogP contribution >= 0.6 is 35.6 Å². The number of fused-ring (bicyclic) bond motifs is 3. The van der Waals surface area contributed by atoms with Crippen LogP contribution in [0, 0.1) is 0 Å². The highest BCUT2D eigenvalue weighted by atomic mass is 127. The number of halogens is 2. The summed E-state index contributed by atoms with van der Waals surface area (Å²) in [6.45, 7) is 13.2. The largest absolute Gasteiger partial charge is 0.357 e. The molecule has 168 valence electrons. The van der Waals surface area contributed by atoms with Crippen LogP contribution in [0.2, 0.25) is 5.02 Å². The Balaban J connectivity index is 0.00000256. The van der Waals surface area contributed by atoms with Crippen molar-refractivity contribution in [3.63, 3.8) is 0 Å². The van der Waals surface area contributed by atoms with Gasteiger partial charge in [-0.1, -0.05) is 23.7 Å². The van der Waals surface area contributed by atoms with Crippen molar-refractivity contribution < 1.29 is 0 Å². The van der Waals surface area contributed by atoms with Crippen molar-refractivity contribution in [2.75, 3.05) is 58.9 Å². The van der Waals surface area contributed by atoms with E-state index in [1.54, 1.807) is 0 Å². The van der Waals surface area contributed by atoms with E-state index in [0.717, 1.165) is 56.5 Å². The van der Waals surface area contributed by atoms with Gasteiger partial charge in [-0.2, -0.15) is 0 Å². The smallest absolute Gasteiger partial charge is 0.191 e. The van der Waals surface area contributed by atoms with Gasteiger partial charge in [-0.25, -0.2) is 0 Å². The van der Waals surface area contributed by atoms with Crippen LogP contribution in [0.5, 0.6) is 0 Å². The number of rotatable bonds is 6. The van der Waals surface area contributed by atoms with E-state index >= 15 is 0 Å². The molecule has 0 aliphatic carbocycles. The van der Waals surface area contributed by atoms with Gasteiger partial charge in [0.1, 0.15) is 0 Å². The molecule has 2 bridgehead atoms. The van der Waals surface area contributed by atoms with Gasteiger partial charge < -0.3 is 10.6 Å². The second-order valence-electron chi connectivity index (χ2n) is 8.53. The number of hydrogen-bond acceptors (Lipinski definition) is 4. The minimum Gasteiger partial charge on any atom is -0.357 e. The van der Waals surface area contributed by atoms with Crippen molar-refractivity contribution >= 4 is 41.5 Å². The van der Waals surface area contributed by atoms with E-state index in [4.69, 9.17) is 16.6 Å². The van der Waals surface area contributed by atoms with Crippen LogP contribution in [0.15, 0.2) is 29.3 Å². The molecule has 4 saturated heterocycles. The summed E-state index contributed by atoms with van der Waals surface area (Å²) in [4.78, 5) is 12.7. The lowest BCUT2D eigenvalue weighted by molar-refractivity contribution is 0.0174. The molecule has 1 aromatic rings. The van der Waals surface area contributed by atoms with E-state index in [1.165, 1.54) is 38.3 Å². The first-order valence-corrected chi connectivity index (χ1v) is 11.6. The Morgan fingerprint density at radius 1 is 1.07 bits per heavy atom. The maximum atomic E-state index is 6.00. The molecule has 4 fully saturated rings. The van der Waals surface area contributed by atoms with Crippen LogP contribution < -0.4 is 10.6 Å². The molecule has 4 heterocycles. The van der Waals surface area contributed by atoms with Crippen molar-refractivity contribution in [2.45, 2.75) is 38.4 Å². The summed E-state index contributed by atoms with van der Waals surface area (Å²) in [5.74, 6) is 0.987. The first kappa shape index (κ1) is 24.0. The monoisotopic (exact) mass is 546 g/mol. The third kappa shape index (κ3) is 6.69. The normalized spacial score (nSPS) is 27.5. The fraction of sp³-hybridized carbons (Fsp3) is 0.682. The Kier molecular flexibility index (Phi) is 9.50. The van der Waals surface area contributed by atoms with Gasteiger partial charge in [-0.05, 0) is 37.5 Å². The molecular formula is C22H36ClIN6. The van der Waals surface area contributed by atoms with Crippen LogP contribution in [-0.4, -0.2) is 91.6 Å². The van der Waals surface area contributed by atoms with Crippen LogP contribution in [0.25, 0.3) is 0 Å². The third-order valence-electron chi connectivity index (χ3n) is 6.44. The molecule has 4 aliphatic heterocycles. The highest BCUT2D eigenvalue weighted by Gasteiger charge is 2.31. The number of piperidine rings is 1. The maximum Gasteiger partial charge on any atom is 0.191 e. The quantitative estimate of drug-likeness (QED) is 0.326. The van der Waals surface area contributed by atoms with Crippen molar-refractivity contribution in [2.24, 2.45) is 4.99 Å². The van der Waals surface area contributed by atoms with Gasteiger partial charge in [0.25, 0.3) is 0 Å². The topological polar surface area (TPSA) is 46.1 Å². The van der Waals surface area contributed by atoms with Gasteiger partial charge in [0.05, 0.1) is 6.54 Å². The minimum atomic E-state index is 0. The standard InChI is InChI=1S/C22H35ClN6.HI/c1-2-24-22(25-15-21-17-28-11-13-29(21)14-12-28)26-20-7-9-27(10-8-20)16-18-3-5-19(23)6-4-18;/h3-6,20-21H,2,7-17H2,1H3,(H2,24,25,26);1H. The molecule has 0 saturated carbocycles. The van der Waals surface area contributed by atoms with Crippen molar-refractivity contribution in [1.29, 1.82) is 0 Å². The molecule has 1 unspecified atom stereocenters. The molecule has 6 nitrogen and oxygen atoms in total. The van der Waals surface area contributed by atoms with Crippen molar-refractivity contribution in [3.05, 3.63) is 34.9 Å². The first-order valence-electron chi connectivity index (χ1n) is 11.2. The molecule has 8 heteroatoms. The molecule has 30 heavy (non-hydrogen) atoms. The number of piperazine rings is 3. The van der Waals surface area contributed by atoms with Gasteiger partial charge in [0.2, 0.25) is 0 Å². The molecule has 0 spiro atoms. The van der Waals surface area contributed by atoms with Gasteiger partial charge in [0, 0.05) is 76.0 Å². The third-order valence-corrected chi connectivity index (χ3v) is 6.70. The zero-order valence-electron chi connectivity index (χ0n) is 18.0. The Morgan fingerprint density at radius 2 is 1.77 bits per heavy atom. The maximum absolute atomic E-state index is 6.00. The molecule has 1 atom stereocenters. The van der Waals surface area contributed by atoms with E-state index in [0.29, 0.717) is 12.1 Å². The predicted molar refractivity (Wildman–Crippen MR) is 136 cm³/mol. The Labute approximate surface area is 203 Å². The second-order valence-corrected chi connectivity index (χ2v) is 8.97. The minimum absolute atomic E-state index is 0. The lowest BCUT2D eigenvalue weighted by Crippen LogP contribution is -2.62. The summed E-state index contributed by atoms with van der Waals surface area (Å²) >= 11 is 6.00. The molecule has 4 aliphatic rings. The summed E-state index contributed by atoms with van der Waals surface area (Å²) in [6.07, 6.45) is 2.31. The highest BCUT2D eigenvalue weighted by molar-refractivity contribution is 14.0. The number of hydrogen-bond donors (Lipinski definition) is 2. The zero-order valence-corrected chi connectivity index (χ0v) is 21.1. The van der Waals surface area contributed by atoms with Gasteiger partial charge in [0.15, 0.2) is 5.96 Å². The SMILES string of the molecule is CCNC(=NCC1CN2CCN1CC2)NC1CCN(Cc2ccc(Cl)cc2)CC1.I. The fourth-order valence-electron chi connectivity index (χ4n) is 4.69. The average molecular weight is 547 g/mol. The average Bonchev–Trinajstić information content (AvgIpc) is 2.76. The summed E-state index contributed by atoms with van der Waals surface area (Å²) in [5.41, 5.74) is 1.34. The fourth-order valence-corrected chi connectivity index (χ4v) is 4.82. The van der Waals surface area contributed by atoms with Gasteiger partial charge in [-0.3, -0.25) is 19.7 Å². The van der Waals surface area contributed by atoms with E-state index in [1.807, 2.05) is 12.1 Å². The molecular weight excluding hydrogens is 511 g/mol. The van der Waals surface area contributed by atoms with E-state index in [9.17, 15) is 0 Å². The highest BCUT2D eigenvalue weighted by Crippen LogP contribution is 2.17. The second kappa shape index (κ2) is 11.9.